The molecule has 0 spiro atoms. The average molecular weight is 255 g/mol. The minimum Gasteiger partial charge on any atom is -0.473 e. The predicted octanol–water partition coefficient (Wildman–Crippen LogP) is -1.07. The summed E-state index contributed by atoms with van der Waals surface area (Å²) in [6.07, 6.45) is 3.16. The quantitative estimate of drug-likeness (QED) is 0.503. The molecule has 0 fully saturated rings. The highest BCUT2D eigenvalue weighted by molar-refractivity contribution is 6.27. The molecule has 98 valence electrons. The Balaban J connectivity index is 0.000000411. The number of nitrogens with two attached hydrogens (primary N) is 1. The van der Waals surface area contributed by atoms with Crippen LogP contribution < -0.4 is 11.1 Å². The summed E-state index contributed by atoms with van der Waals surface area (Å²) in [6, 6.07) is 3.32. The number of carbonyl (C=O) groups excluding carboxylic acids is 1. The monoisotopic (exact) mass is 255 g/mol. The lowest BCUT2D eigenvalue weighted by atomic mass is 10.2. The van der Waals surface area contributed by atoms with Gasteiger partial charge in [0.2, 0.25) is 0 Å². The van der Waals surface area contributed by atoms with Crippen molar-refractivity contribution in [2.75, 3.05) is 13.1 Å². The summed E-state index contributed by atoms with van der Waals surface area (Å²) < 4.78 is 0. The number of amides is 1. The van der Waals surface area contributed by atoms with Crippen molar-refractivity contribution in [3.8, 4) is 0 Å². The molecule has 0 unspecified atom stereocenters. The highest BCUT2D eigenvalue weighted by Crippen LogP contribution is 1.94. The number of hydrogen-bond donors (Lipinski definition) is 4. The zero-order chi connectivity index (χ0) is 14.0. The first kappa shape index (κ1) is 15.5. The fraction of sp³-hybridized carbons (Fsp3) is 0.200. The van der Waals surface area contributed by atoms with Crippen molar-refractivity contribution in [3.63, 3.8) is 0 Å². The second-order valence-electron chi connectivity index (χ2n) is 2.89. The smallest absolute Gasteiger partial charge is 0.414 e. The fourth-order valence-electron chi connectivity index (χ4n) is 0.791. The van der Waals surface area contributed by atoms with Crippen LogP contribution in [0.5, 0.6) is 0 Å². The summed E-state index contributed by atoms with van der Waals surface area (Å²) in [5.74, 6) is -3.76. The number of hydrogen-bond acceptors (Lipinski definition) is 5. The van der Waals surface area contributed by atoms with Gasteiger partial charge in [-0.25, -0.2) is 9.59 Å². The number of carboxylic acids is 2. The number of aliphatic carboxylic acids is 2. The van der Waals surface area contributed by atoms with Gasteiger partial charge in [0.15, 0.2) is 0 Å². The Morgan fingerprint density at radius 2 is 1.67 bits per heavy atom. The van der Waals surface area contributed by atoms with E-state index in [1.807, 2.05) is 0 Å². The SMILES string of the molecule is NCCNC(=O)c1ccncc1.O=C(O)C(=O)O. The molecule has 0 saturated heterocycles. The Hall–Kier alpha value is -2.48. The van der Waals surface area contributed by atoms with Gasteiger partial charge in [-0.2, -0.15) is 0 Å². The number of carboxylic acid groups (broad SMARTS) is 2. The van der Waals surface area contributed by atoms with E-state index < -0.39 is 11.9 Å². The molecule has 8 heteroatoms. The molecule has 0 saturated carbocycles. The van der Waals surface area contributed by atoms with Gasteiger partial charge >= 0.3 is 11.9 Å². The van der Waals surface area contributed by atoms with Gasteiger partial charge in [0.25, 0.3) is 5.91 Å². The number of pyridine rings is 1. The van der Waals surface area contributed by atoms with Gasteiger partial charge in [0.1, 0.15) is 0 Å². The third kappa shape index (κ3) is 6.90. The standard InChI is InChI=1S/C8H11N3O.C2H2O4/c9-3-6-11-8(12)7-1-4-10-5-2-7;3-1(4)2(5)6/h1-2,4-5H,3,6,9H2,(H,11,12);(H,3,4)(H,5,6). The molecule has 0 bridgehead atoms. The lowest BCUT2D eigenvalue weighted by Crippen LogP contribution is -2.28. The molecule has 0 radical (unpaired) electrons. The first-order chi connectivity index (χ1) is 8.49. The number of aromatic nitrogens is 1. The molecule has 0 aliphatic heterocycles. The van der Waals surface area contributed by atoms with E-state index in [1.165, 1.54) is 0 Å². The topological polar surface area (TPSA) is 143 Å². The second kappa shape index (κ2) is 8.65. The Kier molecular flexibility index (Phi) is 7.46. The van der Waals surface area contributed by atoms with Gasteiger partial charge in [0.05, 0.1) is 0 Å². The first-order valence-corrected chi connectivity index (χ1v) is 4.83. The maximum Gasteiger partial charge on any atom is 0.414 e. The summed E-state index contributed by atoms with van der Waals surface area (Å²) in [7, 11) is 0. The fourth-order valence-corrected chi connectivity index (χ4v) is 0.791. The van der Waals surface area contributed by atoms with Crippen molar-refractivity contribution in [2.45, 2.75) is 0 Å². The van der Waals surface area contributed by atoms with Crippen molar-refractivity contribution in [1.82, 2.24) is 10.3 Å². The molecule has 1 rings (SSSR count). The Morgan fingerprint density at radius 1 is 1.17 bits per heavy atom. The summed E-state index contributed by atoms with van der Waals surface area (Å²) in [5.41, 5.74) is 5.84. The maximum absolute atomic E-state index is 11.2. The number of rotatable bonds is 3. The van der Waals surface area contributed by atoms with Crippen LogP contribution in [0.2, 0.25) is 0 Å². The summed E-state index contributed by atoms with van der Waals surface area (Å²) in [4.78, 5) is 33.2. The van der Waals surface area contributed by atoms with Crippen LogP contribution >= 0.6 is 0 Å². The van der Waals surface area contributed by atoms with Gasteiger partial charge in [-0.1, -0.05) is 0 Å². The largest absolute Gasteiger partial charge is 0.473 e. The molecule has 1 aromatic heterocycles. The normalized spacial score (nSPS) is 8.72. The molecule has 0 atom stereocenters. The van der Waals surface area contributed by atoms with E-state index in [2.05, 4.69) is 10.3 Å². The van der Waals surface area contributed by atoms with E-state index in [1.54, 1.807) is 24.5 Å². The molecular formula is C10H13N3O5. The van der Waals surface area contributed by atoms with Crippen LogP contribution in [0, 0.1) is 0 Å². The highest BCUT2D eigenvalue weighted by Gasteiger charge is 2.04. The number of nitrogens with one attached hydrogen (secondary N) is 1. The molecule has 0 aliphatic carbocycles. The molecule has 1 amide bonds. The summed E-state index contributed by atoms with van der Waals surface area (Å²) in [5, 5.41) is 17.4. The van der Waals surface area contributed by atoms with Crippen LogP contribution in [0.25, 0.3) is 0 Å². The van der Waals surface area contributed by atoms with Crippen molar-refractivity contribution in [3.05, 3.63) is 30.1 Å². The van der Waals surface area contributed by atoms with Crippen molar-refractivity contribution in [2.24, 2.45) is 5.73 Å². The van der Waals surface area contributed by atoms with E-state index >= 15 is 0 Å². The third-order valence-corrected chi connectivity index (χ3v) is 1.56. The van der Waals surface area contributed by atoms with Gasteiger partial charge in [-0.05, 0) is 12.1 Å². The van der Waals surface area contributed by atoms with E-state index in [0.29, 0.717) is 18.7 Å². The molecule has 1 heterocycles. The van der Waals surface area contributed by atoms with E-state index in [4.69, 9.17) is 25.5 Å². The molecule has 0 aromatic carbocycles. The summed E-state index contributed by atoms with van der Waals surface area (Å²) in [6.45, 7) is 0.956. The van der Waals surface area contributed by atoms with Gasteiger partial charge in [-0.15, -0.1) is 0 Å². The van der Waals surface area contributed by atoms with Gasteiger partial charge in [0, 0.05) is 31.0 Å². The van der Waals surface area contributed by atoms with E-state index in [-0.39, 0.29) is 5.91 Å². The molecule has 8 nitrogen and oxygen atoms in total. The van der Waals surface area contributed by atoms with Crippen LogP contribution in [0.1, 0.15) is 10.4 Å². The van der Waals surface area contributed by atoms with Crippen molar-refractivity contribution in [1.29, 1.82) is 0 Å². The Morgan fingerprint density at radius 3 is 2.06 bits per heavy atom. The van der Waals surface area contributed by atoms with Crippen LogP contribution in [-0.2, 0) is 9.59 Å². The summed E-state index contributed by atoms with van der Waals surface area (Å²) >= 11 is 0. The molecule has 18 heavy (non-hydrogen) atoms. The lowest BCUT2D eigenvalue weighted by Gasteiger charge is -2.01. The van der Waals surface area contributed by atoms with Gasteiger partial charge < -0.3 is 21.3 Å². The van der Waals surface area contributed by atoms with Crippen LogP contribution in [-0.4, -0.2) is 46.1 Å². The predicted molar refractivity (Wildman–Crippen MR) is 60.9 cm³/mol. The average Bonchev–Trinajstić information content (AvgIpc) is 2.37. The van der Waals surface area contributed by atoms with Crippen molar-refractivity contribution < 1.29 is 24.6 Å². The number of nitrogens with zero attached hydrogens (tertiary/aromatic N) is 1. The zero-order valence-electron chi connectivity index (χ0n) is 9.37. The number of carbonyl (C=O) groups is 3. The van der Waals surface area contributed by atoms with Crippen LogP contribution in [0.3, 0.4) is 0 Å². The highest BCUT2D eigenvalue weighted by atomic mass is 16.4. The second-order valence-corrected chi connectivity index (χ2v) is 2.89. The van der Waals surface area contributed by atoms with E-state index in [9.17, 15) is 4.79 Å². The first-order valence-electron chi connectivity index (χ1n) is 4.83. The Labute approximate surface area is 102 Å². The minimum atomic E-state index is -1.82. The third-order valence-electron chi connectivity index (χ3n) is 1.56. The lowest BCUT2D eigenvalue weighted by molar-refractivity contribution is -0.159. The molecule has 0 aliphatic rings. The molecule has 1 aromatic rings. The Bertz CT molecular complexity index is 395. The van der Waals surface area contributed by atoms with Crippen LogP contribution in [0.4, 0.5) is 0 Å². The molecular weight excluding hydrogens is 242 g/mol. The maximum atomic E-state index is 11.2. The van der Waals surface area contributed by atoms with E-state index in [0.717, 1.165) is 0 Å². The van der Waals surface area contributed by atoms with Gasteiger partial charge in [-0.3, -0.25) is 9.78 Å². The van der Waals surface area contributed by atoms with Crippen LogP contribution in [0.15, 0.2) is 24.5 Å². The van der Waals surface area contributed by atoms with Crippen molar-refractivity contribution >= 4 is 17.8 Å². The zero-order valence-corrected chi connectivity index (χ0v) is 9.37. The molecule has 5 N–H and O–H groups in total. The minimum absolute atomic E-state index is 0.108.